The summed E-state index contributed by atoms with van der Waals surface area (Å²) in [6.07, 6.45) is 0. The van der Waals surface area contributed by atoms with Crippen molar-refractivity contribution < 1.29 is 31.5 Å². The largest absolute Gasteiger partial charge is 0.476 e. The molecule has 2 rings (SSSR count). The van der Waals surface area contributed by atoms with Crippen molar-refractivity contribution in [2.24, 2.45) is 0 Å². The number of ether oxygens (including phenoxy) is 2. The lowest BCUT2D eigenvalue weighted by Gasteiger charge is -2.15. The molecular formula is C18H19F2NO5S2. The Labute approximate surface area is 167 Å². The molecule has 152 valence electrons. The standard InChI is InChI=1S/C18H19F2NO5S2/c1-2-25-17(22)11-26-18-14(19)8-12(9-15(18)20)16(27)10-21-28(23,24)13-6-4-3-5-7-13/h3-9,16,21,27H,2,10-11H2,1H3. The quantitative estimate of drug-likeness (QED) is 0.471. The zero-order valence-electron chi connectivity index (χ0n) is 14.9. The highest BCUT2D eigenvalue weighted by Crippen LogP contribution is 2.28. The molecule has 0 bridgehead atoms. The molecule has 28 heavy (non-hydrogen) atoms. The first-order valence-corrected chi connectivity index (χ1v) is 10.2. The maximum atomic E-state index is 14.2. The Balaban J connectivity index is 2.06. The van der Waals surface area contributed by atoms with Crippen molar-refractivity contribution in [2.45, 2.75) is 17.1 Å². The average molecular weight is 431 g/mol. The topological polar surface area (TPSA) is 81.7 Å². The number of sulfonamides is 1. The zero-order chi connectivity index (χ0) is 20.7. The van der Waals surface area contributed by atoms with Crippen molar-refractivity contribution in [3.8, 4) is 5.75 Å². The highest BCUT2D eigenvalue weighted by atomic mass is 32.2. The van der Waals surface area contributed by atoms with E-state index in [2.05, 4.69) is 22.1 Å². The van der Waals surface area contributed by atoms with Crippen molar-refractivity contribution >= 4 is 28.6 Å². The van der Waals surface area contributed by atoms with E-state index in [1.807, 2.05) is 0 Å². The summed E-state index contributed by atoms with van der Waals surface area (Å²) in [6.45, 7) is 0.878. The molecule has 1 atom stereocenters. The van der Waals surface area contributed by atoms with Crippen LogP contribution in [0.2, 0.25) is 0 Å². The van der Waals surface area contributed by atoms with E-state index < -0.39 is 45.2 Å². The molecule has 0 aliphatic carbocycles. The maximum absolute atomic E-state index is 14.2. The number of hydrogen-bond acceptors (Lipinski definition) is 6. The molecule has 6 nitrogen and oxygen atoms in total. The van der Waals surface area contributed by atoms with E-state index in [-0.39, 0.29) is 23.6 Å². The van der Waals surface area contributed by atoms with Gasteiger partial charge < -0.3 is 9.47 Å². The van der Waals surface area contributed by atoms with Crippen molar-refractivity contribution in [2.75, 3.05) is 19.8 Å². The first kappa shape index (κ1) is 22.1. The summed E-state index contributed by atoms with van der Waals surface area (Å²) in [6, 6.07) is 9.61. The lowest BCUT2D eigenvalue weighted by atomic mass is 10.1. The number of hydrogen-bond donors (Lipinski definition) is 2. The summed E-state index contributed by atoms with van der Waals surface area (Å²) < 4.78 is 64.5. The van der Waals surface area contributed by atoms with Crippen LogP contribution in [0.1, 0.15) is 17.7 Å². The monoisotopic (exact) mass is 431 g/mol. The van der Waals surface area contributed by atoms with Gasteiger partial charge >= 0.3 is 5.97 Å². The number of carbonyl (C=O) groups is 1. The number of carbonyl (C=O) groups excluding carboxylic acids is 1. The molecule has 0 aliphatic heterocycles. The van der Waals surface area contributed by atoms with Gasteiger partial charge in [-0.15, -0.1) is 0 Å². The van der Waals surface area contributed by atoms with Gasteiger partial charge in [0.05, 0.1) is 11.5 Å². The van der Waals surface area contributed by atoms with Gasteiger partial charge in [0.15, 0.2) is 24.0 Å². The van der Waals surface area contributed by atoms with Gasteiger partial charge in [-0.3, -0.25) is 0 Å². The van der Waals surface area contributed by atoms with Crippen molar-refractivity contribution in [1.29, 1.82) is 0 Å². The van der Waals surface area contributed by atoms with Gasteiger partial charge in [0, 0.05) is 11.8 Å². The Bertz CT molecular complexity index is 900. The molecule has 0 aliphatic rings. The van der Waals surface area contributed by atoms with Crippen LogP contribution in [0.15, 0.2) is 47.4 Å². The second-order valence-electron chi connectivity index (χ2n) is 5.59. The van der Waals surface area contributed by atoms with Crippen LogP contribution in [-0.2, 0) is 19.6 Å². The predicted octanol–water partition coefficient (Wildman–Crippen LogP) is 2.86. The molecule has 0 heterocycles. The summed E-state index contributed by atoms with van der Waals surface area (Å²) in [4.78, 5) is 11.3. The summed E-state index contributed by atoms with van der Waals surface area (Å²) in [7, 11) is -3.78. The van der Waals surface area contributed by atoms with Crippen LogP contribution < -0.4 is 9.46 Å². The van der Waals surface area contributed by atoms with E-state index in [0.29, 0.717) is 0 Å². The third-order valence-electron chi connectivity index (χ3n) is 3.57. The number of halogens is 2. The number of esters is 1. The van der Waals surface area contributed by atoms with Crippen molar-refractivity contribution in [3.63, 3.8) is 0 Å². The average Bonchev–Trinajstić information content (AvgIpc) is 2.66. The first-order chi connectivity index (χ1) is 13.2. The molecule has 0 saturated carbocycles. The minimum absolute atomic E-state index is 0.0654. The van der Waals surface area contributed by atoms with Gasteiger partial charge in [-0.05, 0) is 36.8 Å². The Morgan fingerprint density at radius 3 is 2.36 bits per heavy atom. The van der Waals surface area contributed by atoms with Crippen molar-refractivity contribution in [3.05, 3.63) is 59.7 Å². The molecule has 0 spiro atoms. The Kier molecular flexibility index (Phi) is 7.78. The highest BCUT2D eigenvalue weighted by Gasteiger charge is 2.20. The van der Waals surface area contributed by atoms with Gasteiger partial charge in [0.1, 0.15) is 0 Å². The maximum Gasteiger partial charge on any atom is 0.344 e. The normalized spacial score (nSPS) is 12.4. The molecule has 2 aromatic rings. The molecule has 0 fully saturated rings. The van der Waals surface area contributed by atoms with Gasteiger partial charge in [-0.1, -0.05) is 18.2 Å². The predicted molar refractivity (Wildman–Crippen MR) is 102 cm³/mol. The molecule has 1 unspecified atom stereocenters. The van der Waals surface area contributed by atoms with E-state index in [4.69, 9.17) is 4.74 Å². The molecular weight excluding hydrogens is 412 g/mol. The van der Waals surface area contributed by atoms with Gasteiger partial charge in [-0.2, -0.15) is 12.6 Å². The number of nitrogens with one attached hydrogen (secondary N) is 1. The van der Waals surface area contributed by atoms with E-state index >= 15 is 0 Å². The van der Waals surface area contributed by atoms with Crippen LogP contribution in [0.4, 0.5) is 8.78 Å². The molecule has 0 amide bonds. The van der Waals surface area contributed by atoms with Crippen LogP contribution in [0.3, 0.4) is 0 Å². The van der Waals surface area contributed by atoms with Crippen LogP contribution in [0, 0.1) is 11.6 Å². The minimum atomic E-state index is -3.78. The Morgan fingerprint density at radius 1 is 1.18 bits per heavy atom. The van der Waals surface area contributed by atoms with E-state index in [0.717, 1.165) is 12.1 Å². The number of benzene rings is 2. The molecule has 1 N–H and O–H groups in total. The van der Waals surface area contributed by atoms with Gasteiger partial charge in [0.2, 0.25) is 10.0 Å². The Hall–Kier alpha value is -2.17. The molecule has 2 aromatic carbocycles. The summed E-state index contributed by atoms with van der Waals surface area (Å²) in [5.74, 6) is -3.55. The SMILES string of the molecule is CCOC(=O)COc1c(F)cc(C(S)CNS(=O)(=O)c2ccccc2)cc1F. The van der Waals surface area contributed by atoms with Crippen molar-refractivity contribution in [1.82, 2.24) is 4.72 Å². The van der Waals surface area contributed by atoms with Crippen LogP contribution in [0.25, 0.3) is 0 Å². The molecule has 0 aromatic heterocycles. The third kappa shape index (κ3) is 5.91. The van der Waals surface area contributed by atoms with Crippen LogP contribution in [0.5, 0.6) is 5.75 Å². The highest BCUT2D eigenvalue weighted by molar-refractivity contribution is 7.89. The van der Waals surface area contributed by atoms with Gasteiger partial charge in [0.25, 0.3) is 0 Å². The summed E-state index contributed by atoms with van der Waals surface area (Å²) in [5.41, 5.74) is 0.109. The second kappa shape index (κ2) is 9.85. The zero-order valence-corrected chi connectivity index (χ0v) is 16.6. The number of thiol groups is 1. The molecule has 0 saturated heterocycles. The second-order valence-corrected chi connectivity index (χ2v) is 7.98. The van der Waals surface area contributed by atoms with Gasteiger partial charge in [-0.25, -0.2) is 26.7 Å². The first-order valence-electron chi connectivity index (χ1n) is 8.24. The number of rotatable bonds is 9. The summed E-state index contributed by atoms with van der Waals surface area (Å²) in [5, 5.41) is -0.818. The van der Waals surface area contributed by atoms with E-state index in [1.54, 1.807) is 25.1 Å². The Morgan fingerprint density at radius 2 is 1.79 bits per heavy atom. The lowest BCUT2D eigenvalue weighted by molar-refractivity contribution is -0.145. The fourth-order valence-corrected chi connectivity index (χ4v) is 3.67. The van der Waals surface area contributed by atoms with Crippen LogP contribution in [-0.4, -0.2) is 34.1 Å². The van der Waals surface area contributed by atoms with E-state index in [9.17, 15) is 22.0 Å². The summed E-state index contributed by atoms with van der Waals surface area (Å²) >= 11 is 4.21. The van der Waals surface area contributed by atoms with Crippen LogP contribution >= 0.6 is 12.6 Å². The smallest absolute Gasteiger partial charge is 0.344 e. The molecule has 10 heteroatoms. The fraction of sp³-hybridized carbons (Fsp3) is 0.278. The fourth-order valence-electron chi connectivity index (χ4n) is 2.23. The molecule has 0 radical (unpaired) electrons. The lowest BCUT2D eigenvalue weighted by Crippen LogP contribution is -2.27. The minimum Gasteiger partial charge on any atom is -0.476 e. The third-order valence-corrected chi connectivity index (χ3v) is 5.49. The van der Waals surface area contributed by atoms with E-state index in [1.165, 1.54) is 12.1 Å².